The molecule has 1 aromatic rings. The van der Waals surface area contributed by atoms with E-state index in [2.05, 4.69) is 32.4 Å². The minimum atomic E-state index is 0.0636. The lowest BCUT2D eigenvalue weighted by atomic mass is 9.77. The molecule has 1 saturated carbocycles. The molecule has 4 heterocycles. The standard InChI is InChI=1S/C20H31N5O/c1-24-13-20(6-8-21-9-7-20)11-17(24)19(26)25-10-5-16-15(12-25)18(23-22-16)14-3-2-4-14/h14,17,21H,2-13H2,1H3,(H,22,23)/t17-/m0/s1. The molecule has 0 aromatic carbocycles. The summed E-state index contributed by atoms with van der Waals surface area (Å²) in [4.78, 5) is 17.8. The number of likely N-dealkylation sites (tertiary alicyclic amines) is 1. The van der Waals surface area contributed by atoms with E-state index in [4.69, 9.17) is 0 Å². The molecule has 6 nitrogen and oxygen atoms in total. The van der Waals surface area contributed by atoms with Crippen LogP contribution in [0.4, 0.5) is 0 Å². The molecule has 2 N–H and O–H groups in total. The van der Waals surface area contributed by atoms with Gasteiger partial charge in [0.25, 0.3) is 0 Å². The van der Waals surface area contributed by atoms with Gasteiger partial charge in [0, 0.05) is 43.2 Å². The summed E-state index contributed by atoms with van der Waals surface area (Å²) in [7, 11) is 2.15. The highest BCUT2D eigenvalue weighted by Crippen LogP contribution is 2.42. The van der Waals surface area contributed by atoms with Crippen LogP contribution in [0.5, 0.6) is 0 Å². The molecule has 1 aliphatic carbocycles. The predicted octanol–water partition coefficient (Wildman–Crippen LogP) is 1.64. The number of carbonyl (C=O) groups is 1. The average molecular weight is 358 g/mol. The first-order valence-corrected chi connectivity index (χ1v) is 10.4. The van der Waals surface area contributed by atoms with Gasteiger partial charge in [-0.15, -0.1) is 0 Å². The monoisotopic (exact) mass is 357 g/mol. The SMILES string of the molecule is CN1CC2(CCNCC2)C[C@H]1C(=O)N1CCc2[nH]nc(C3CCC3)c2C1. The molecular formula is C20H31N5O. The van der Waals surface area contributed by atoms with E-state index < -0.39 is 0 Å². The Morgan fingerprint density at radius 2 is 2.08 bits per heavy atom. The van der Waals surface area contributed by atoms with Crippen molar-refractivity contribution in [3.63, 3.8) is 0 Å². The van der Waals surface area contributed by atoms with Gasteiger partial charge in [0.05, 0.1) is 11.7 Å². The van der Waals surface area contributed by atoms with Crippen LogP contribution in [-0.4, -0.2) is 65.2 Å². The van der Waals surface area contributed by atoms with Crippen molar-refractivity contribution in [1.82, 2.24) is 25.3 Å². The Kier molecular flexibility index (Phi) is 4.09. The number of hydrogen-bond acceptors (Lipinski definition) is 4. The van der Waals surface area contributed by atoms with Crippen LogP contribution in [0.3, 0.4) is 0 Å². The maximum absolute atomic E-state index is 13.4. The zero-order valence-corrected chi connectivity index (χ0v) is 15.9. The number of nitrogens with zero attached hydrogens (tertiary/aromatic N) is 3. The molecule has 3 fully saturated rings. The maximum Gasteiger partial charge on any atom is 0.240 e. The maximum atomic E-state index is 13.4. The molecule has 1 spiro atoms. The van der Waals surface area contributed by atoms with Crippen molar-refractivity contribution in [2.24, 2.45) is 5.41 Å². The summed E-state index contributed by atoms with van der Waals surface area (Å²) >= 11 is 0. The van der Waals surface area contributed by atoms with Crippen molar-refractivity contribution in [3.8, 4) is 0 Å². The highest BCUT2D eigenvalue weighted by Gasteiger charge is 2.47. The number of piperidine rings is 1. The summed E-state index contributed by atoms with van der Waals surface area (Å²) < 4.78 is 0. The third-order valence-corrected chi connectivity index (χ3v) is 7.46. The lowest BCUT2D eigenvalue weighted by Gasteiger charge is -2.34. The minimum Gasteiger partial charge on any atom is -0.336 e. The van der Waals surface area contributed by atoms with E-state index in [1.165, 1.54) is 49.1 Å². The van der Waals surface area contributed by atoms with Crippen LogP contribution < -0.4 is 5.32 Å². The summed E-state index contributed by atoms with van der Waals surface area (Å²) in [5, 5.41) is 11.3. The number of aromatic amines is 1. The average Bonchev–Trinajstić information content (AvgIpc) is 3.15. The number of carbonyl (C=O) groups excluding carboxylic acids is 1. The second kappa shape index (κ2) is 6.34. The highest BCUT2D eigenvalue weighted by atomic mass is 16.2. The number of hydrogen-bond donors (Lipinski definition) is 2. The molecule has 1 amide bonds. The Hall–Kier alpha value is -1.40. The van der Waals surface area contributed by atoms with Crippen LogP contribution in [0.15, 0.2) is 0 Å². The molecule has 142 valence electrons. The molecule has 2 saturated heterocycles. The van der Waals surface area contributed by atoms with E-state index in [0.29, 0.717) is 17.2 Å². The largest absolute Gasteiger partial charge is 0.336 e. The third kappa shape index (κ3) is 2.69. The number of nitrogens with one attached hydrogen (secondary N) is 2. The lowest BCUT2D eigenvalue weighted by Crippen LogP contribution is -2.46. The van der Waals surface area contributed by atoms with E-state index in [-0.39, 0.29) is 6.04 Å². The van der Waals surface area contributed by atoms with Gasteiger partial charge in [-0.05, 0) is 57.7 Å². The molecule has 0 unspecified atom stereocenters. The van der Waals surface area contributed by atoms with E-state index in [1.54, 1.807) is 0 Å². The van der Waals surface area contributed by atoms with Gasteiger partial charge in [0.1, 0.15) is 0 Å². The van der Waals surface area contributed by atoms with Gasteiger partial charge in [-0.25, -0.2) is 0 Å². The van der Waals surface area contributed by atoms with E-state index in [1.807, 2.05) is 0 Å². The molecule has 0 radical (unpaired) electrons. The molecule has 3 aliphatic heterocycles. The van der Waals surface area contributed by atoms with Gasteiger partial charge in [-0.1, -0.05) is 6.42 Å². The van der Waals surface area contributed by atoms with Crippen molar-refractivity contribution in [2.75, 3.05) is 33.2 Å². The Morgan fingerprint density at radius 3 is 2.81 bits per heavy atom. The summed E-state index contributed by atoms with van der Waals surface area (Å²) in [6.45, 7) is 4.86. The normalized spacial score (nSPS) is 29.0. The van der Waals surface area contributed by atoms with Crippen molar-refractivity contribution < 1.29 is 4.79 Å². The van der Waals surface area contributed by atoms with Crippen LogP contribution in [0.1, 0.15) is 61.4 Å². The summed E-state index contributed by atoms with van der Waals surface area (Å²) in [6, 6.07) is 0.0636. The lowest BCUT2D eigenvalue weighted by molar-refractivity contribution is -0.136. The van der Waals surface area contributed by atoms with Crippen molar-refractivity contribution in [3.05, 3.63) is 17.0 Å². The molecule has 1 aromatic heterocycles. The second-order valence-electron chi connectivity index (χ2n) is 9.09. The number of fused-ring (bicyclic) bond motifs is 1. The molecule has 4 aliphatic rings. The molecule has 6 heteroatoms. The quantitative estimate of drug-likeness (QED) is 0.845. The van der Waals surface area contributed by atoms with E-state index in [0.717, 1.165) is 45.6 Å². The Bertz CT molecular complexity index is 688. The van der Waals surface area contributed by atoms with E-state index >= 15 is 0 Å². The summed E-state index contributed by atoms with van der Waals surface area (Å²) in [5.41, 5.74) is 4.20. The molecule has 0 bridgehead atoms. The van der Waals surface area contributed by atoms with Crippen LogP contribution >= 0.6 is 0 Å². The Morgan fingerprint density at radius 1 is 1.27 bits per heavy atom. The topological polar surface area (TPSA) is 64.3 Å². The van der Waals surface area contributed by atoms with Gasteiger partial charge in [0.2, 0.25) is 5.91 Å². The van der Waals surface area contributed by atoms with Crippen molar-refractivity contribution in [1.29, 1.82) is 0 Å². The third-order valence-electron chi connectivity index (χ3n) is 7.46. The van der Waals surface area contributed by atoms with Gasteiger partial charge in [-0.3, -0.25) is 14.8 Å². The zero-order valence-electron chi connectivity index (χ0n) is 15.9. The molecular weight excluding hydrogens is 326 g/mol. The number of aromatic nitrogens is 2. The fourth-order valence-electron chi connectivity index (χ4n) is 5.60. The smallest absolute Gasteiger partial charge is 0.240 e. The molecule has 5 rings (SSSR count). The van der Waals surface area contributed by atoms with Crippen LogP contribution in [0, 0.1) is 5.41 Å². The fourth-order valence-corrected chi connectivity index (χ4v) is 5.60. The first-order chi connectivity index (χ1) is 12.7. The van der Waals surface area contributed by atoms with Crippen molar-refractivity contribution in [2.45, 2.75) is 63.5 Å². The highest BCUT2D eigenvalue weighted by molar-refractivity contribution is 5.82. The zero-order chi connectivity index (χ0) is 17.7. The fraction of sp³-hybridized carbons (Fsp3) is 0.800. The van der Waals surface area contributed by atoms with Crippen LogP contribution in [-0.2, 0) is 17.8 Å². The van der Waals surface area contributed by atoms with Gasteiger partial charge in [0.15, 0.2) is 0 Å². The number of H-pyrrole nitrogens is 1. The second-order valence-corrected chi connectivity index (χ2v) is 9.09. The molecule has 26 heavy (non-hydrogen) atoms. The first-order valence-electron chi connectivity index (χ1n) is 10.4. The summed E-state index contributed by atoms with van der Waals surface area (Å²) in [5.74, 6) is 0.964. The Balaban J connectivity index is 1.31. The van der Waals surface area contributed by atoms with Crippen molar-refractivity contribution >= 4 is 5.91 Å². The van der Waals surface area contributed by atoms with E-state index in [9.17, 15) is 4.79 Å². The number of amides is 1. The predicted molar refractivity (Wildman–Crippen MR) is 99.9 cm³/mol. The van der Waals surface area contributed by atoms with Gasteiger partial charge in [-0.2, -0.15) is 5.10 Å². The van der Waals surface area contributed by atoms with Crippen LogP contribution in [0.25, 0.3) is 0 Å². The van der Waals surface area contributed by atoms with Gasteiger partial charge >= 0.3 is 0 Å². The minimum absolute atomic E-state index is 0.0636. The Labute approximate surface area is 155 Å². The summed E-state index contributed by atoms with van der Waals surface area (Å²) in [6.07, 6.45) is 8.21. The molecule has 1 atom stereocenters. The van der Waals surface area contributed by atoms with Gasteiger partial charge < -0.3 is 10.2 Å². The first kappa shape index (κ1) is 16.8. The number of likely N-dealkylation sites (N-methyl/N-ethyl adjacent to an activating group) is 1. The van der Waals surface area contributed by atoms with Crippen LogP contribution in [0.2, 0.25) is 0 Å². The number of rotatable bonds is 2.